The van der Waals surface area contributed by atoms with E-state index in [1.165, 1.54) is 36.3 Å². The van der Waals surface area contributed by atoms with Crippen LogP contribution in [0.2, 0.25) is 0 Å². The average molecular weight is 398 g/mol. The van der Waals surface area contributed by atoms with Gasteiger partial charge < -0.3 is 24.8 Å². The van der Waals surface area contributed by atoms with Gasteiger partial charge in [0, 0.05) is 23.9 Å². The molecule has 0 aliphatic heterocycles. The summed E-state index contributed by atoms with van der Waals surface area (Å²) in [4.78, 5) is 13.9. The van der Waals surface area contributed by atoms with Crippen LogP contribution in [0.5, 0.6) is 11.5 Å². The lowest BCUT2D eigenvalue weighted by molar-refractivity contribution is -0.153. The van der Waals surface area contributed by atoms with E-state index in [9.17, 15) is 23.1 Å². The second kappa shape index (κ2) is 9.84. The molecule has 0 aromatic heterocycles. The van der Waals surface area contributed by atoms with E-state index >= 15 is 0 Å². The number of anilines is 1. The van der Waals surface area contributed by atoms with Gasteiger partial charge in [0.2, 0.25) is 0 Å². The first kappa shape index (κ1) is 21.4. The van der Waals surface area contributed by atoms with E-state index in [0.717, 1.165) is 5.56 Å². The molecule has 0 bridgehead atoms. The molecule has 0 aliphatic rings. The lowest BCUT2D eigenvalue weighted by Crippen LogP contribution is -2.36. The van der Waals surface area contributed by atoms with Crippen molar-refractivity contribution < 1.29 is 32.5 Å². The van der Waals surface area contributed by atoms with Crippen molar-refractivity contribution in [2.24, 2.45) is 0 Å². The molecule has 2 aromatic carbocycles. The van der Waals surface area contributed by atoms with Gasteiger partial charge >= 0.3 is 12.2 Å². The summed E-state index contributed by atoms with van der Waals surface area (Å²) in [5.41, 5.74) is 1.02. The zero-order valence-electron chi connectivity index (χ0n) is 15.2. The summed E-state index contributed by atoms with van der Waals surface area (Å²) in [6, 6.07) is 12.3. The van der Waals surface area contributed by atoms with Gasteiger partial charge in [0.05, 0.1) is 20.3 Å². The van der Waals surface area contributed by atoms with Crippen LogP contribution in [-0.2, 0) is 6.54 Å². The maximum Gasteiger partial charge on any atom is 0.422 e. The van der Waals surface area contributed by atoms with Gasteiger partial charge in [0.1, 0.15) is 11.5 Å². The number of carbonyl (C=O) groups is 1. The summed E-state index contributed by atoms with van der Waals surface area (Å²) in [5.74, 6) is 0.578. The predicted octanol–water partition coefficient (Wildman–Crippen LogP) is 3.66. The molecule has 0 fully saturated rings. The number of halogens is 3. The monoisotopic (exact) mass is 398 g/mol. The highest BCUT2D eigenvalue weighted by molar-refractivity contribution is 5.89. The molecule has 0 saturated heterocycles. The smallest absolute Gasteiger partial charge is 0.422 e. The SMILES string of the molecule is COc1ccccc1CN(CCO)C(=O)Nc1cccc(OCC(F)(F)F)c1. The second-order valence-corrected chi connectivity index (χ2v) is 5.82. The number of methoxy groups -OCH3 is 1. The van der Waals surface area contributed by atoms with Crippen molar-refractivity contribution in [2.75, 3.05) is 32.2 Å². The summed E-state index contributed by atoms with van der Waals surface area (Å²) >= 11 is 0. The molecule has 0 saturated carbocycles. The number of nitrogens with zero attached hydrogens (tertiary/aromatic N) is 1. The van der Waals surface area contributed by atoms with Gasteiger partial charge in [-0.3, -0.25) is 0 Å². The number of para-hydroxylation sites is 1. The van der Waals surface area contributed by atoms with Crippen molar-refractivity contribution in [1.29, 1.82) is 0 Å². The molecule has 0 atom stereocenters. The third-order valence-corrected chi connectivity index (χ3v) is 3.70. The van der Waals surface area contributed by atoms with Crippen molar-refractivity contribution in [3.8, 4) is 11.5 Å². The van der Waals surface area contributed by atoms with Crippen molar-refractivity contribution in [3.05, 3.63) is 54.1 Å². The largest absolute Gasteiger partial charge is 0.496 e. The quantitative estimate of drug-likeness (QED) is 0.712. The molecule has 152 valence electrons. The van der Waals surface area contributed by atoms with Crippen molar-refractivity contribution >= 4 is 11.7 Å². The average Bonchev–Trinajstić information content (AvgIpc) is 2.66. The second-order valence-electron chi connectivity index (χ2n) is 5.82. The van der Waals surface area contributed by atoms with Crippen LogP contribution in [0, 0.1) is 0 Å². The number of carbonyl (C=O) groups excluding carboxylic acids is 1. The van der Waals surface area contributed by atoms with Crippen molar-refractivity contribution in [3.63, 3.8) is 0 Å². The number of aliphatic hydroxyl groups excluding tert-OH is 1. The third-order valence-electron chi connectivity index (χ3n) is 3.70. The predicted molar refractivity (Wildman–Crippen MR) is 97.5 cm³/mol. The highest BCUT2D eigenvalue weighted by Crippen LogP contribution is 2.23. The number of ether oxygens (including phenoxy) is 2. The van der Waals surface area contributed by atoms with Crippen LogP contribution in [0.15, 0.2) is 48.5 Å². The van der Waals surface area contributed by atoms with Crippen LogP contribution >= 0.6 is 0 Å². The Bertz CT molecular complexity index is 784. The van der Waals surface area contributed by atoms with Crippen LogP contribution in [0.1, 0.15) is 5.56 Å². The Kier molecular flexibility index (Phi) is 7.51. The number of benzene rings is 2. The van der Waals surface area contributed by atoms with Gasteiger partial charge in [0.25, 0.3) is 0 Å². The fraction of sp³-hybridized carbons (Fsp3) is 0.316. The van der Waals surface area contributed by atoms with Crippen LogP contribution in [-0.4, -0.2) is 49.1 Å². The molecular formula is C19H21F3N2O4. The van der Waals surface area contributed by atoms with Crippen LogP contribution < -0.4 is 14.8 Å². The number of hydrogen-bond acceptors (Lipinski definition) is 4. The first-order chi connectivity index (χ1) is 13.3. The topological polar surface area (TPSA) is 71.0 Å². The van der Waals surface area contributed by atoms with Crippen LogP contribution in [0.25, 0.3) is 0 Å². The first-order valence-corrected chi connectivity index (χ1v) is 8.40. The lowest BCUT2D eigenvalue weighted by atomic mass is 10.2. The molecule has 0 spiro atoms. The molecule has 0 aliphatic carbocycles. The van der Waals surface area contributed by atoms with E-state index in [-0.39, 0.29) is 31.1 Å². The number of hydrogen-bond donors (Lipinski definition) is 2. The lowest BCUT2D eigenvalue weighted by Gasteiger charge is -2.23. The minimum atomic E-state index is -4.45. The zero-order chi connectivity index (χ0) is 20.6. The molecule has 6 nitrogen and oxygen atoms in total. The molecule has 9 heteroatoms. The van der Waals surface area contributed by atoms with Gasteiger partial charge in [-0.15, -0.1) is 0 Å². The minimum Gasteiger partial charge on any atom is -0.496 e. The summed E-state index contributed by atoms with van der Waals surface area (Å²) in [6.07, 6.45) is -4.45. The summed E-state index contributed by atoms with van der Waals surface area (Å²) < 4.78 is 46.8. The van der Waals surface area contributed by atoms with Gasteiger partial charge in [-0.05, 0) is 18.2 Å². The Labute approximate surface area is 160 Å². The van der Waals surface area contributed by atoms with E-state index in [2.05, 4.69) is 10.1 Å². The fourth-order valence-corrected chi connectivity index (χ4v) is 2.44. The van der Waals surface area contributed by atoms with Gasteiger partial charge in [-0.1, -0.05) is 24.3 Å². The summed E-state index contributed by atoms with van der Waals surface area (Å²) in [6.45, 7) is -1.43. The Balaban J connectivity index is 2.07. The molecule has 2 aromatic rings. The molecule has 2 amide bonds. The number of urea groups is 1. The Hall–Kier alpha value is -2.94. The Morgan fingerprint density at radius 1 is 1.18 bits per heavy atom. The molecular weight excluding hydrogens is 377 g/mol. The van der Waals surface area contributed by atoms with Gasteiger partial charge in [0.15, 0.2) is 6.61 Å². The molecule has 0 radical (unpaired) electrons. The Morgan fingerprint density at radius 2 is 1.93 bits per heavy atom. The number of alkyl halides is 3. The van der Waals surface area contributed by atoms with E-state index in [0.29, 0.717) is 5.75 Å². The standard InChI is InChI=1S/C19H21F3N2O4/c1-27-17-8-3-2-5-14(17)12-24(9-10-25)18(26)23-15-6-4-7-16(11-15)28-13-19(20,21)22/h2-8,11,25H,9-10,12-13H2,1H3,(H,23,26). The van der Waals surface area contributed by atoms with Gasteiger partial charge in [-0.25, -0.2) is 4.79 Å². The molecule has 2 N–H and O–H groups in total. The van der Waals surface area contributed by atoms with Gasteiger partial charge in [-0.2, -0.15) is 13.2 Å². The van der Waals surface area contributed by atoms with E-state index in [1.54, 1.807) is 24.3 Å². The maximum atomic E-state index is 12.6. The minimum absolute atomic E-state index is 0.0199. The molecule has 0 unspecified atom stereocenters. The van der Waals surface area contributed by atoms with Crippen LogP contribution in [0.3, 0.4) is 0 Å². The zero-order valence-corrected chi connectivity index (χ0v) is 15.2. The van der Waals surface area contributed by atoms with E-state index in [1.807, 2.05) is 0 Å². The van der Waals surface area contributed by atoms with Crippen molar-refractivity contribution in [1.82, 2.24) is 4.90 Å². The van der Waals surface area contributed by atoms with Crippen LogP contribution in [0.4, 0.5) is 23.7 Å². The summed E-state index contributed by atoms with van der Waals surface area (Å²) in [7, 11) is 1.52. The highest BCUT2D eigenvalue weighted by Gasteiger charge is 2.28. The first-order valence-electron chi connectivity index (χ1n) is 8.40. The number of nitrogens with one attached hydrogen (secondary N) is 1. The van der Waals surface area contributed by atoms with Crippen molar-refractivity contribution in [2.45, 2.75) is 12.7 Å². The Morgan fingerprint density at radius 3 is 2.61 bits per heavy atom. The third kappa shape index (κ3) is 6.66. The van der Waals surface area contributed by atoms with E-state index < -0.39 is 18.8 Å². The number of rotatable bonds is 8. The van der Waals surface area contributed by atoms with E-state index in [4.69, 9.17) is 4.74 Å². The number of amides is 2. The fourth-order valence-electron chi connectivity index (χ4n) is 2.44. The molecule has 28 heavy (non-hydrogen) atoms. The summed E-state index contributed by atoms with van der Waals surface area (Å²) in [5, 5.41) is 11.9. The number of aliphatic hydroxyl groups is 1. The normalized spacial score (nSPS) is 11.0. The molecule has 2 rings (SSSR count). The molecule has 0 heterocycles. The maximum absolute atomic E-state index is 12.6. The highest BCUT2D eigenvalue weighted by atomic mass is 19.4.